The van der Waals surface area contributed by atoms with Crippen molar-refractivity contribution in [2.45, 2.75) is 0 Å². The highest BCUT2D eigenvalue weighted by atomic mass is 15.1. The topological polar surface area (TPSA) is 29.0 Å². The highest BCUT2D eigenvalue weighted by Crippen LogP contribution is 2.51. The maximum Gasteiger partial charge on any atom is 0.160 e. The second kappa shape index (κ2) is 9.58. The first-order chi connectivity index (χ1) is 20.3. The van der Waals surface area contributed by atoms with Gasteiger partial charge in [0.15, 0.2) is 5.82 Å². The summed E-state index contributed by atoms with van der Waals surface area (Å²) in [5.74, 6) is 0.712. The molecule has 7 aromatic rings. The van der Waals surface area contributed by atoms with Gasteiger partial charge in [0.2, 0.25) is 0 Å². The molecule has 1 aliphatic rings. The van der Waals surface area contributed by atoms with Crippen molar-refractivity contribution >= 4 is 28.0 Å². The Kier molecular flexibility index (Phi) is 5.46. The van der Waals surface area contributed by atoms with Crippen LogP contribution in [0.4, 0.5) is 17.1 Å². The molecule has 192 valence electrons. The van der Waals surface area contributed by atoms with Crippen LogP contribution >= 0.6 is 0 Å². The Bertz CT molecular complexity index is 2050. The van der Waals surface area contributed by atoms with Gasteiger partial charge >= 0.3 is 0 Å². The molecule has 6 aromatic carbocycles. The first-order valence-corrected chi connectivity index (χ1v) is 13.9. The summed E-state index contributed by atoms with van der Waals surface area (Å²) in [6, 6.07) is 53.2. The fraction of sp³-hybridized carbons (Fsp3) is 0. The van der Waals surface area contributed by atoms with Gasteiger partial charge in [-0.05, 0) is 41.5 Å². The van der Waals surface area contributed by atoms with Crippen molar-refractivity contribution in [3.63, 3.8) is 0 Å². The van der Waals surface area contributed by atoms with Gasteiger partial charge in [0.05, 0.1) is 22.6 Å². The summed E-state index contributed by atoms with van der Waals surface area (Å²) >= 11 is 0. The lowest BCUT2D eigenvalue weighted by molar-refractivity contribution is 1.22. The van der Waals surface area contributed by atoms with E-state index in [9.17, 15) is 0 Å². The van der Waals surface area contributed by atoms with Crippen LogP contribution in [0.3, 0.4) is 0 Å². The lowest BCUT2D eigenvalue weighted by Crippen LogP contribution is -2.11. The molecule has 41 heavy (non-hydrogen) atoms. The molecule has 0 unspecified atom stereocenters. The minimum atomic E-state index is 0.712. The van der Waals surface area contributed by atoms with Gasteiger partial charge < -0.3 is 4.90 Å². The Morgan fingerprint density at radius 1 is 0.415 bits per heavy atom. The van der Waals surface area contributed by atoms with E-state index in [1.54, 1.807) is 0 Å². The zero-order chi connectivity index (χ0) is 27.2. The summed E-state index contributed by atoms with van der Waals surface area (Å²) in [6.07, 6.45) is 0. The van der Waals surface area contributed by atoms with Crippen LogP contribution in [0.5, 0.6) is 0 Å². The third-order valence-electron chi connectivity index (χ3n) is 7.81. The van der Waals surface area contributed by atoms with Crippen molar-refractivity contribution < 1.29 is 0 Å². The van der Waals surface area contributed by atoms with E-state index in [1.807, 2.05) is 18.2 Å². The van der Waals surface area contributed by atoms with E-state index in [0.29, 0.717) is 5.82 Å². The molecule has 0 aliphatic carbocycles. The van der Waals surface area contributed by atoms with Crippen LogP contribution in [0.15, 0.2) is 152 Å². The lowest BCUT2D eigenvalue weighted by Gasteiger charge is -2.27. The number of hydrogen-bond acceptors (Lipinski definition) is 3. The minimum Gasteiger partial charge on any atom is -0.309 e. The number of anilines is 3. The van der Waals surface area contributed by atoms with Crippen molar-refractivity contribution in [2.75, 3.05) is 4.90 Å². The Hall–Kier alpha value is -5.54. The second-order valence-electron chi connectivity index (χ2n) is 10.2. The molecular weight excluding hydrogens is 498 g/mol. The average Bonchev–Trinajstić information content (AvgIpc) is 3.17. The summed E-state index contributed by atoms with van der Waals surface area (Å²) in [6.45, 7) is 0. The molecule has 0 atom stereocenters. The van der Waals surface area contributed by atoms with Gasteiger partial charge in [-0.15, -0.1) is 0 Å². The number of fused-ring (bicyclic) bond motifs is 6. The van der Waals surface area contributed by atoms with Gasteiger partial charge in [0, 0.05) is 33.3 Å². The van der Waals surface area contributed by atoms with Gasteiger partial charge in [-0.2, -0.15) is 0 Å². The normalized spacial score (nSPS) is 11.9. The monoisotopic (exact) mass is 523 g/mol. The molecule has 0 N–H and O–H groups in total. The number of hydrogen-bond donors (Lipinski definition) is 0. The Labute approximate surface area is 239 Å². The zero-order valence-electron chi connectivity index (χ0n) is 22.3. The van der Waals surface area contributed by atoms with E-state index in [0.717, 1.165) is 44.8 Å². The Balaban J connectivity index is 1.41. The van der Waals surface area contributed by atoms with Crippen molar-refractivity contribution in [1.82, 2.24) is 9.97 Å². The molecular formula is C38H25N3. The largest absolute Gasteiger partial charge is 0.309 e. The predicted octanol–water partition coefficient (Wildman–Crippen LogP) is 10.1. The zero-order valence-corrected chi connectivity index (χ0v) is 22.3. The summed E-state index contributed by atoms with van der Waals surface area (Å²) in [5, 5.41) is 1.05. The van der Waals surface area contributed by atoms with Gasteiger partial charge in [-0.1, -0.05) is 121 Å². The molecule has 1 aromatic heterocycles. The molecule has 0 spiro atoms. The third kappa shape index (κ3) is 3.90. The Morgan fingerprint density at radius 2 is 1.02 bits per heavy atom. The molecule has 0 amide bonds. The Morgan fingerprint density at radius 3 is 1.80 bits per heavy atom. The van der Waals surface area contributed by atoms with Crippen LogP contribution in [-0.2, 0) is 0 Å². The van der Waals surface area contributed by atoms with E-state index in [4.69, 9.17) is 9.97 Å². The molecule has 2 heterocycles. The molecule has 0 radical (unpaired) electrons. The quantitative estimate of drug-likeness (QED) is 0.231. The average molecular weight is 524 g/mol. The highest BCUT2D eigenvalue weighted by molar-refractivity contribution is 6.03. The number of nitrogens with zero attached hydrogens (tertiary/aromatic N) is 3. The fourth-order valence-electron chi connectivity index (χ4n) is 5.94. The van der Waals surface area contributed by atoms with Crippen LogP contribution in [-0.4, -0.2) is 9.97 Å². The second-order valence-corrected chi connectivity index (χ2v) is 10.2. The van der Waals surface area contributed by atoms with Crippen molar-refractivity contribution in [3.8, 4) is 44.9 Å². The van der Waals surface area contributed by atoms with Crippen molar-refractivity contribution in [1.29, 1.82) is 0 Å². The summed E-state index contributed by atoms with van der Waals surface area (Å²) < 4.78 is 0. The summed E-state index contributed by atoms with van der Waals surface area (Å²) in [5.41, 5.74) is 12.1. The number of para-hydroxylation sites is 3. The van der Waals surface area contributed by atoms with E-state index in [2.05, 4.69) is 138 Å². The summed E-state index contributed by atoms with van der Waals surface area (Å²) in [4.78, 5) is 12.6. The maximum absolute atomic E-state index is 5.17. The van der Waals surface area contributed by atoms with E-state index >= 15 is 0 Å². The number of rotatable bonds is 3. The first kappa shape index (κ1) is 23.4. The molecule has 0 saturated heterocycles. The van der Waals surface area contributed by atoms with Crippen LogP contribution < -0.4 is 4.90 Å². The fourth-order valence-corrected chi connectivity index (χ4v) is 5.94. The van der Waals surface area contributed by atoms with Gasteiger partial charge in [0.1, 0.15) is 0 Å². The van der Waals surface area contributed by atoms with Crippen LogP contribution in [0.2, 0.25) is 0 Å². The smallest absolute Gasteiger partial charge is 0.160 e. The molecule has 8 rings (SSSR count). The van der Waals surface area contributed by atoms with E-state index < -0.39 is 0 Å². The maximum atomic E-state index is 5.17. The van der Waals surface area contributed by atoms with Crippen LogP contribution in [0.25, 0.3) is 55.8 Å². The molecule has 0 fully saturated rings. The minimum absolute atomic E-state index is 0.712. The van der Waals surface area contributed by atoms with Gasteiger partial charge in [-0.25, -0.2) is 9.97 Å². The van der Waals surface area contributed by atoms with E-state index in [1.165, 1.54) is 22.3 Å². The standard InChI is InChI=1S/C38H25N3/c1-3-13-26(14-4-1)37-33-20-9-11-21-34(33)39-38(40-37)27-23-24-32-30-18-8-7-17-29(30)31-19-10-12-22-35(31)41(36(32)25-27)28-15-5-2-6-16-28/h1-25H. The number of aromatic nitrogens is 2. The molecule has 3 nitrogen and oxygen atoms in total. The molecule has 0 bridgehead atoms. The first-order valence-electron chi connectivity index (χ1n) is 13.9. The van der Waals surface area contributed by atoms with E-state index in [-0.39, 0.29) is 0 Å². The lowest BCUT2D eigenvalue weighted by atomic mass is 9.94. The van der Waals surface area contributed by atoms with Crippen molar-refractivity contribution in [2.24, 2.45) is 0 Å². The third-order valence-corrected chi connectivity index (χ3v) is 7.81. The molecule has 3 heteroatoms. The van der Waals surface area contributed by atoms with Gasteiger partial charge in [-0.3, -0.25) is 0 Å². The summed E-state index contributed by atoms with van der Waals surface area (Å²) in [7, 11) is 0. The van der Waals surface area contributed by atoms with Crippen molar-refractivity contribution in [3.05, 3.63) is 152 Å². The van der Waals surface area contributed by atoms with Crippen LogP contribution in [0, 0.1) is 0 Å². The molecule has 1 aliphatic heterocycles. The SMILES string of the molecule is c1ccc(-c2nc(-c3ccc4c(c3)N(c3ccccc3)c3ccccc3-c3ccccc3-4)nc3ccccc23)cc1. The van der Waals surface area contributed by atoms with Gasteiger partial charge in [0.25, 0.3) is 0 Å². The predicted molar refractivity (Wildman–Crippen MR) is 170 cm³/mol. The highest BCUT2D eigenvalue weighted by Gasteiger charge is 2.26. The van der Waals surface area contributed by atoms with Crippen LogP contribution in [0.1, 0.15) is 0 Å². The molecule has 0 saturated carbocycles. The number of benzene rings is 6.